The highest BCUT2D eigenvalue weighted by Crippen LogP contribution is 2.43. The van der Waals surface area contributed by atoms with Crippen molar-refractivity contribution in [2.45, 2.75) is 13.0 Å². The fourth-order valence-corrected chi connectivity index (χ4v) is 4.34. The smallest absolute Gasteiger partial charge is 0.308 e. The van der Waals surface area contributed by atoms with Gasteiger partial charge in [0, 0.05) is 25.0 Å². The highest BCUT2D eigenvalue weighted by molar-refractivity contribution is 6.46. The van der Waals surface area contributed by atoms with Crippen LogP contribution in [0, 0.1) is 0 Å². The van der Waals surface area contributed by atoms with Crippen molar-refractivity contribution < 1.29 is 29.0 Å². The minimum absolute atomic E-state index is 0.0757. The highest BCUT2D eigenvalue weighted by atomic mass is 35.5. The number of aliphatic hydroxyl groups excluding tert-OH is 1. The SMILES string of the molecule is COc1c(Cl)cc(Cl)cc1/C(O)=C1\C(=O)C(=O)N(CCN(C)C)C1c1cccc(OC(C)=O)c1. The Kier molecular flexibility index (Phi) is 7.86. The second kappa shape index (κ2) is 10.5. The lowest BCUT2D eigenvalue weighted by Gasteiger charge is -2.27. The fraction of sp³-hybridized carbons (Fsp3) is 0.292. The van der Waals surface area contributed by atoms with Gasteiger partial charge in [0.1, 0.15) is 17.3 Å². The molecule has 3 rings (SSSR count). The zero-order valence-corrected chi connectivity index (χ0v) is 20.6. The molecule has 0 radical (unpaired) electrons. The van der Waals surface area contributed by atoms with Gasteiger partial charge in [-0.25, -0.2) is 0 Å². The third-order valence-corrected chi connectivity index (χ3v) is 5.73. The van der Waals surface area contributed by atoms with Crippen molar-refractivity contribution in [1.82, 2.24) is 9.80 Å². The van der Waals surface area contributed by atoms with Crippen molar-refractivity contribution in [3.05, 3.63) is 63.1 Å². The van der Waals surface area contributed by atoms with E-state index in [2.05, 4.69) is 0 Å². The van der Waals surface area contributed by atoms with E-state index in [4.69, 9.17) is 32.7 Å². The van der Waals surface area contributed by atoms with Crippen LogP contribution in [0.1, 0.15) is 24.1 Å². The Labute approximate surface area is 207 Å². The van der Waals surface area contributed by atoms with Crippen LogP contribution >= 0.6 is 23.2 Å². The first-order chi connectivity index (χ1) is 16.0. The zero-order valence-electron chi connectivity index (χ0n) is 19.1. The number of hydrogen-bond donors (Lipinski definition) is 1. The minimum Gasteiger partial charge on any atom is -0.507 e. The lowest BCUT2D eigenvalue weighted by molar-refractivity contribution is -0.140. The molecule has 0 aromatic heterocycles. The van der Waals surface area contributed by atoms with Crippen molar-refractivity contribution in [3.63, 3.8) is 0 Å². The number of likely N-dealkylation sites (N-methyl/N-ethyl adjacent to an activating group) is 1. The molecule has 2 aromatic rings. The second-order valence-corrected chi connectivity index (χ2v) is 8.77. The van der Waals surface area contributed by atoms with Gasteiger partial charge < -0.3 is 24.4 Å². The zero-order chi connectivity index (χ0) is 25.2. The first-order valence-electron chi connectivity index (χ1n) is 10.3. The summed E-state index contributed by atoms with van der Waals surface area (Å²) >= 11 is 12.4. The van der Waals surface area contributed by atoms with Gasteiger partial charge in [0.05, 0.1) is 29.3 Å². The van der Waals surface area contributed by atoms with Gasteiger partial charge in [0.15, 0.2) is 0 Å². The highest BCUT2D eigenvalue weighted by Gasteiger charge is 2.46. The summed E-state index contributed by atoms with van der Waals surface area (Å²) in [7, 11) is 5.04. The molecule has 1 aliphatic rings. The van der Waals surface area contributed by atoms with Crippen LogP contribution in [0.2, 0.25) is 10.0 Å². The molecule has 34 heavy (non-hydrogen) atoms. The summed E-state index contributed by atoms with van der Waals surface area (Å²) < 4.78 is 10.5. The Morgan fingerprint density at radius 1 is 1.18 bits per heavy atom. The number of benzene rings is 2. The maximum absolute atomic E-state index is 13.2. The summed E-state index contributed by atoms with van der Waals surface area (Å²) in [4.78, 5) is 40.9. The summed E-state index contributed by atoms with van der Waals surface area (Å²) in [5.74, 6) is -2.27. The number of carbonyl (C=O) groups is 3. The third kappa shape index (κ3) is 5.19. The standard InChI is InChI=1S/C24H24Cl2N2O6/c1-13(29)34-16-7-5-6-14(10-16)20-19(22(31)24(32)28(20)9-8-27(2)3)21(30)17-11-15(25)12-18(26)23(17)33-4/h5-7,10-12,20,30H,8-9H2,1-4H3/b21-19+. The van der Waals surface area contributed by atoms with Crippen molar-refractivity contribution in [2.24, 2.45) is 0 Å². The van der Waals surface area contributed by atoms with E-state index in [1.165, 1.54) is 31.1 Å². The normalized spacial score (nSPS) is 17.4. The number of amides is 1. The molecule has 2 aromatic carbocycles. The molecule has 0 aliphatic carbocycles. The Morgan fingerprint density at radius 3 is 2.50 bits per heavy atom. The number of likely N-dealkylation sites (tertiary alicyclic amines) is 1. The lowest BCUT2D eigenvalue weighted by atomic mass is 9.94. The first-order valence-corrected chi connectivity index (χ1v) is 11.1. The van der Waals surface area contributed by atoms with Crippen molar-refractivity contribution in [3.8, 4) is 11.5 Å². The van der Waals surface area contributed by atoms with Crippen molar-refractivity contribution in [1.29, 1.82) is 0 Å². The van der Waals surface area contributed by atoms with Crippen LogP contribution in [-0.4, -0.2) is 66.9 Å². The predicted octanol–water partition coefficient (Wildman–Crippen LogP) is 3.91. The molecule has 1 saturated heterocycles. The van der Waals surface area contributed by atoms with Crippen LogP contribution in [-0.2, 0) is 14.4 Å². The van der Waals surface area contributed by atoms with E-state index >= 15 is 0 Å². The van der Waals surface area contributed by atoms with E-state index in [0.717, 1.165) is 0 Å². The van der Waals surface area contributed by atoms with E-state index in [1.807, 2.05) is 19.0 Å². The number of rotatable bonds is 7. The Bertz CT molecular complexity index is 1180. The number of hydrogen-bond acceptors (Lipinski definition) is 7. The molecule has 10 heteroatoms. The quantitative estimate of drug-likeness (QED) is 0.200. The van der Waals surface area contributed by atoms with Crippen LogP contribution < -0.4 is 9.47 Å². The molecule has 1 heterocycles. The van der Waals surface area contributed by atoms with Gasteiger partial charge in [-0.1, -0.05) is 35.3 Å². The number of methoxy groups -OCH3 is 1. The number of ketones is 1. The number of Topliss-reactive ketones (excluding diaryl/α,β-unsaturated/α-hetero) is 1. The Balaban J connectivity index is 2.25. The number of halogens is 2. The van der Waals surface area contributed by atoms with E-state index in [-0.39, 0.29) is 39.2 Å². The number of aliphatic hydroxyl groups is 1. The molecule has 0 spiro atoms. The molecule has 1 fully saturated rings. The minimum atomic E-state index is -0.946. The van der Waals surface area contributed by atoms with Crippen LogP contribution in [0.4, 0.5) is 0 Å². The van der Waals surface area contributed by atoms with E-state index in [9.17, 15) is 19.5 Å². The summed E-state index contributed by atoms with van der Waals surface area (Å²) in [5.41, 5.74) is 0.400. The molecule has 1 amide bonds. The Hall–Kier alpha value is -3.07. The summed E-state index contributed by atoms with van der Waals surface area (Å²) in [6.45, 7) is 1.95. The van der Waals surface area contributed by atoms with Crippen molar-refractivity contribution >= 4 is 46.6 Å². The molecule has 1 N–H and O–H groups in total. The average Bonchev–Trinajstić information content (AvgIpc) is 3.01. The molecule has 8 nitrogen and oxygen atoms in total. The number of esters is 1. The number of nitrogens with zero attached hydrogens (tertiary/aromatic N) is 2. The molecule has 1 aliphatic heterocycles. The summed E-state index contributed by atoms with van der Waals surface area (Å²) in [5, 5.41) is 11.6. The van der Waals surface area contributed by atoms with Crippen LogP contribution in [0.5, 0.6) is 11.5 Å². The molecule has 1 unspecified atom stereocenters. The second-order valence-electron chi connectivity index (χ2n) is 7.93. The molecule has 0 saturated carbocycles. The van der Waals surface area contributed by atoms with Crippen LogP contribution in [0.15, 0.2) is 42.0 Å². The van der Waals surface area contributed by atoms with Gasteiger partial charge in [-0.05, 0) is 43.9 Å². The van der Waals surface area contributed by atoms with Gasteiger partial charge in [0.25, 0.3) is 11.7 Å². The monoisotopic (exact) mass is 506 g/mol. The Morgan fingerprint density at radius 2 is 1.88 bits per heavy atom. The van der Waals surface area contributed by atoms with Crippen molar-refractivity contribution in [2.75, 3.05) is 34.3 Å². The van der Waals surface area contributed by atoms with Crippen LogP contribution in [0.25, 0.3) is 5.76 Å². The lowest BCUT2D eigenvalue weighted by Crippen LogP contribution is -2.35. The fourth-order valence-electron chi connectivity index (χ4n) is 3.77. The predicted molar refractivity (Wildman–Crippen MR) is 128 cm³/mol. The van der Waals surface area contributed by atoms with Gasteiger partial charge in [-0.3, -0.25) is 14.4 Å². The average molecular weight is 507 g/mol. The van der Waals surface area contributed by atoms with Gasteiger partial charge in [0.2, 0.25) is 0 Å². The van der Waals surface area contributed by atoms with E-state index < -0.39 is 29.5 Å². The summed E-state index contributed by atoms with van der Waals surface area (Å²) in [6, 6.07) is 8.35. The molecule has 0 bridgehead atoms. The maximum atomic E-state index is 13.2. The van der Waals surface area contributed by atoms with Gasteiger partial charge in [-0.15, -0.1) is 0 Å². The topological polar surface area (TPSA) is 96.4 Å². The van der Waals surface area contributed by atoms with E-state index in [1.54, 1.807) is 24.3 Å². The largest absolute Gasteiger partial charge is 0.507 e. The number of ether oxygens (including phenoxy) is 2. The molecule has 1 atom stereocenters. The number of carbonyl (C=O) groups excluding carboxylic acids is 3. The molecular formula is C24H24Cl2N2O6. The summed E-state index contributed by atoms with van der Waals surface area (Å²) in [6.07, 6.45) is 0. The molecular weight excluding hydrogens is 483 g/mol. The van der Waals surface area contributed by atoms with Gasteiger partial charge in [-0.2, -0.15) is 0 Å². The van der Waals surface area contributed by atoms with Crippen LogP contribution in [0.3, 0.4) is 0 Å². The molecule has 180 valence electrons. The van der Waals surface area contributed by atoms with Gasteiger partial charge >= 0.3 is 5.97 Å². The maximum Gasteiger partial charge on any atom is 0.308 e. The van der Waals surface area contributed by atoms with E-state index in [0.29, 0.717) is 12.1 Å². The third-order valence-electron chi connectivity index (χ3n) is 5.23. The first kappa shape index (κ1) is 25.6.